The summed E-state index contributed by atoms with van der Waals surface area (Å²) in [6.45, 7) is 4.28. The van der Waals surface area contributed by atoms with Gasteiger partial charge in [0.25, 0.3) is 0 Å². The van der Waals surface area contributed by atoms with Gasteiger partial charge in [-0.2, -0.15) is 0 Å². The fraction of sp³-hybridized carbons (Fsp3) is 0.800. The van der Waals surface area contributed by atoms with Gasteiger partial charge in [0.15, 0.2) is 9.04 Å². The molecule has 0 rings (SSSR count). The van der Waals surface area contributed by atoms with Crippen LogP contribution in [0.15, 0.2) is 4.99 Å². The van der Waals surface area contributed by atoms with Crippen molar-refractivity contribution in [2.45, 2.75) is 13.1 Å². The van der Waals surface area contributed by atoms with Crippen molar-refractivity contribution in [3.63, 3.8) is 0 Å². The van der Waals surface area contributed by atoms with Crippen LogP contribution < -0.4 is 0 Å². The topological polar surface area (TPSA) is 38.7 Å². The first-order valence-electron chi connectivity index (χ1n) is 2.67. The molecule has 0 saturated carbocycles. The van der Waals surface area contributed by atoms with Crippen molar-refractivity contribution in [3.05, 3.63) is 0 Å². The summed E-state index contributed by atoms with van der Waals surface area (Å²) in [5, 5.41) is 0. The zero-order valence-corrected chi connectivity index (χ0v) is 7.50. The van der Waals surface area contributed by atoms with Gasteiger partial charge in [-0.15, -0.1) is 0 Å². The highest BCUT2D eigenvalue weighted by Crippen LogP contribution is 1.73. The maximum atomic E-state index is 8.88. The normalized spacial score (nSPS) is 7.22. The van der Waals surface area contributed by atoms with E-state index >= 15 is 0 Å². The fourth-order valence-corrected chi connectivity index (χ4v) is 0. The zero-order valence-electron chi connectivity index (χ0n) is 6.34. The standard InChI is InChI=1S/C3H10OSi.C2H3NO/c1-4-5(2)3;1-3-2-4/h5H,1-3H3;1H3. The second-order valence-electron chi connectivity index (χ2n) is 1.60. The maximum Gasteiger partial charge on any atom is 0.234 e. The second-order valence-corrected chi connectivity index (χ2v) is 4.17. The Morgan fingerprint density at radius 2 is 1.78 bits per heavy atom. The predicted octanol–water partition coefficient (Wildman–Crippen LogP) is 0.568. The Kier molecular flexibility index (Phi) is 13.3. The molecule has 4 heteroatoms. The van der Waals surface area contributed by atoms with E-state index in [2.05, 4.69) is 18.1 Å². The van der Waals surface area contributed by atoms with Gasteiger partial charge in [0.2, 0.25) is 6.08 Å². The molecular weight excluding hydrogens is 134 g/mol. The maximum absolute atomic E-state index is 8.88. The lowest BCUT2D eigenvalue weighted by atomic mass is 11.4. The SMILES string of the molecule is CN=C=O.CO[SiH](C)C. The molecule has 0 fully saturated rings. The minimum Gasteiger partial charge on any atom is -0.424 e. The molecule has 3 nitrogen and oxygen atoms in total. The third-order valence-electron chi connectivity index (χ3n) is 0.563. The third-order valence-corrected chi connectivity index (χ3v) is 1.51. The van der Waals surface area contributed by atoms with Gasteiger partial charge in [0.05, 0.1) is 0 Å². The number of nitrogens with zero attached hydrogens (tertiary/aromatic N) is 1. The average Bonchev–Trinajstić information content (AvgIpc) is 1.89. The summed E-state index contributed by atoms with van der Waals surface area (Å²) in [4.78, 5) is 11.8. The van der Waals surface area contributed by atoms with Gasteiger partial charge in [-0.1, -0.05) is 0 Å². The number of hydrogen-bond donors (Lipinski definition) is 0. The van der Waals surface area contributed by atoms with Crippen molar-refractivity contribution in [2.24, 2.45) is 4.99 Å². The number of hydrogen-bond acceptors (Lipinski definition) is 3. The first-order valence-corrected chi connectivity index (χ1v) is 5.45. The number of carbonyl (C=O) groups excluding carboxylic acids is 1. The molecule has 0 aliphatic carbocycles. The van der Waals surface area contributed by atoms with Crippen molar-refractivity contribution in [1.82, 2.24) is 0 Å². The van der Waals surface area contributed by atoms with Crippen LogP contribution in [-0.4, -0.2) is 29.3 Å². The first-order chi connectivity index (χ1) is 4.18. The molecule has 0 unspecified atom stereocenters. The molecule has 0 spiro atoms. The van der Waals surface area contributed by atoms with Gasteiger partial charge >= 0.3 is 0 Å². The summed E-state index contributed by atoms with van der Waals surface area (Å²) in [7, 11) is 2.49. The Morgan fingerprint density at radius 3 is 1.78 bits per heavy atom. The number of isocyanates is 1. The van der Waals surface area contributed by atoms with E-state index in [1.54, 1.807) is 7.11 Å². The van der Waals surface area contributed by atoms with E-state index in [1.807, 2.05) is 0 Å². The summed E-state index contributed by atoms with van der Waals surface area (Å²) in [5.74, 6) is 0. The highest BCUT2D eigenvalue weighted by atomic mass is 28.3. The minimum atomic E-state index is -0.650. The van der Waals surface area contributed by atoms with Crippen molar-refractivity contribution < 1.29 is 9.22 Å². The van der Waals surface area contributed by atoms with Crippen molar-refractivity contribution >= 4 is 15.1 Å². The Labute approximate surface area is 57.5 Å². The lowest BCUT2D eigenvalue weighted by Gasteiger charge is -1.92. The van der Waals surface area contributed by atoms with E-state index in [1.165, 1.54) is 13.1 Å². The zero-order chi connectivity index (χ0) is 7.70. The lowest BCUT2D eigenvalue weighted by Crippen LogP contribution is -2.00. The summed E-state index contributed by atoms with van der Waals surface area (Å²) in [5.41, 5.74) is 0. The van der Waals surface area contributed by atoms with Crippen LogP contribution in [0.5, 0.6) is 0 Å². The minimum absolute atomic E-state index is 0.650. The molecule has 0 atom stereocenters. The molecule has 0 aromatic heterocycles. The van der Waals surface area contributed by atoms with Gasteiger partial charge in [0, 0.05) is 14.2 Å². The Morgan fingerprint density at radius 1 is 1.56 bits per heavy atom. The van der Waals surface area contributed by atoms with Crippen LogP contribution in [0, 0.1) is 0 Å². The molecule has 0 saturated heterocycles. The van der Waals surface area contributed by atoms with Crippen LogP contribution in [0.3, 0.4) is 0 Å². The van der Waals surface area contributed by atoms with E-state index in [4.69, 9.17) is 9.22 Å². The molecule has 9 heavy (non-hydrogen) atoms. The Bertz CT molecular complexity index is 89.0. The van der Waals surface area contributed by atoms with Crippen LogP contribution in [-0.2, 0) is 9.22 Å². The van der Waals surface area contributed by atoms with Crippen LogP contribution in [0.4, 0.5) is 0 Å². The monoisotopic (exact) mass is 147 g/mol. The Hall–Kier alpha value is -0.443. The molecule has 54 valence electrons. The van der Waals surface area contributed by atoms with Crippen molar-refractivity contribution in [3.8, 4) is 0 Å². The van der Waals surface area contributed by atoms with Crippen LogP contribution in [0.25, 0.3) is 0 Å². The molecule has 0 aliphatic heterocycles. The van der Waals surface area contributed by atoms with E-state index in [0.29, 0.717) is 0 Å². The van der Waals surface area contributed by atoms with Crippen LogP contribution in [0.1, 0.15) is 0 Å². The molecular formula is C5H13NO2Si. The molecule has 0 radical (unpaired) electrons. The van der Waals surface area contributed by atoms with E-state index in [0.717, 1.165) is 0 Å². The fourth-order valence-electron chi connectivity index (χ4n) is 0. The highest BCUT2D eigenvalue weighted by molar-refractivity contribution is 6.48. The third kappa shape index (κ3) is 35.7. The van der Waals surface area contributed by atoms with Gasteiger partial charge < -0.3 is 4.43 Å². The predicted molar refractivity (Wildman–Crippen MR) is 39.9 cm³/mol. The summed E-state index contributed by atoms with van der Waals surface area (Å²) in [6, 6.07) is 0. The molecule has 0 aromatic rings. The summed E-state index contributed by atoms with van der Waals surface area (Å²) in [6.07, 6.45) is 1.31. The van der Waals surface area contributed by atoms with Gasteiger partial charge in [-0.25, -0.2) is 9.79 Å². The smallest absolute Gasteiger partial charge is 0.234 e. The van der Waals surface area contributed by atoms with E-state index in [9.17, 15) is 0 Å². The molecule has 0 amide bonds. The summed E-state index contributed by atoms with van der Waals surface area (Å²) >= 11 is 0. The number of rotatable bonds is 1. The Balaban J connectivity index is 0. The van der Waals surface area contributed by atoms with Gasteiger partial charge in [-0.05, 0) is 13.1 Å². The van der Waals surface area contributed by atoms with Crippen LogP contribution in [0.2, 0.25) is 13.1 Å². The lowest BCUT2D eigenvalue weighted by molar-refractivity contribution is 0.430. The van der Waals surface area contributed by atoms with Gasteiger partial charge in [0.1, 0.15) is 0 Å². The molecule has 0 bridgehead atoms. The second kappa shape index (κ2) is 10.5. The van der Waals surface area contributed by atoms with Gasteiger partial charge in [-0.3, -0.25) is 0 Å². The molecule has 0 heterocycles. The molecule has 0 N–H and O–H groups in total. The highest BCUT2D eigenvalue weighted by Gasteiger charge is 1.83. The quantitative estimate of drug-likeness (QED) is 0.309. The number of aliphatic imine (C=N–C) groups is 1. The largest absolute Gasteiger partial charge is 0.424 e. The van der Waals surface area contributed by atoms with Crippen LogP contribution >= 0.6 is 0 Å². The average molecular weight is 147 g/mol. The molecule has 0 aromatic carbocycles. The van der Waals surface area contributed by atoms with Crippen molar-refractivity contribution in [1.29, 1.82) is 0 Å². The van der Waals surface area contributed by atoms with Crippen molar-refractivity contribution in [2.75, 3.05) is 14.2 Å². The van der Waals surface area contributed by atoms with E-state index in [-0.39, 0.29) is 0 Å². The summed E-state index contributed by atoms with van der Waals surface area (Å²) < 4.78 is 4.89. The first kappa shape index (κ1) is 11.4. The molecule has 0 aliphatic rings. The van der Waals surface area contributed by atoms with E-state index < -0.39 is 9.04 Å².